The van der Waals surface area contributed by atoms with Gasteiger partial charge in [-0.25, -0.2) is 0 Å². The number of benzene rings is 2. The molecule has 6 heteroatoms. The van der Waals surface area contributed by atoms with Crippen LogP contribution in [0.2, 0.25) is 0 Å². The third-order valence-electron chi connectivity index (χ3n) is 5.51. The summed E-state index contributed by atoms with van der Waals surface area (Å²) >= 11 is 0. The van der Waals surface area contributed by atoms with Crippen LogP contribution in [-0.2, 0) is 13.1 Å². The number of ether oxygens (including phenoxy) is 3. The minimum absolute atomic E-state index is 0.193. The van der Waals surface area contributed by atoms with Crippen molar-refractivity contribution in [2.24, 2.45) is 0 Å². The Kier molecular flexibility index (Phi) is 7.75. The smallest absolute Gasteiger partial charge is 0.122 e. The van der Waals surface area contributed by atoms with Gasteiger partial charge in [-0.1, -0.05) is 12.1 Å². The maximum absolute atomic E-state index is 9.60. The van der Waals surface area contributed by atoms with Crippen molar-refractivity contribution >= 4 is 0 Å². The van der Waals surface area contributed by atoms with Gasteiger partial charge in [0, 0.05) is 51.4 Å². The predicted octanol–water partition coefficient (Wildman–Crippen LogP) is 2.78. The van der Waals surface area contributed by atoms with Crippen LogP contribution in [0.25, 0.3) is 0 Å². The maximum Gasteiger partial charge on any atom is 0.122 e. The summed E-state index contributed by atoms with van der Waals surface area (Å²) in [4.78, 5) is 4.92. The Morgan fingerprint density at radius 1 is 0.828 bits per heavy atom. The molecule has 2 aromatic carbocycles. The molecule has 3 rings (SSSR count). The average molecular weight is 401 g/mol. The average Bonchev–Trinajstić information content (AvgIpc) is 2.76. The lowest BCUT2D eigenvalue weighted by Gasteiger charge is -2.41. The van der Waals surface area contributed by atoms with Gasteiger partial charge in [0.1, 0.15) is 17.2 Å². The minimum Gasteiger partial charge on any atom is -0.497 e. The molecule has 1 fully saturated rings. The van der Waals surface area contributed by atoms with Gasteiger partial charge in [-0.2, -0.15) is 0 Å². The van der Waals surface area contributed by atoms with Crippen molar-refractivity contribution < 1.29 is 19.3 Å². The first-order valence-corrected chi connectivity index (χ1v) is 10.1. The van der Waals surface area contributed by atoms with Crippen LogP contribution in [-0.4, -0.2) is 68.5 Å². The van der Waals surface area contributed by atoms with Crippen molar-refractivity contribution in [1.29, 1.82) is 0 Å². The minimum atomic E-state index is 0.193. The first-order chi connectivity index (χ1) is 14.1. The van der Waals surface area contributed by atoms with E-state index in [0.29, 0.717) is 6.04 Å². The molecule has 1 atom stereocenters. The number of aliphatic hydroxyl groups excluding tert-OH is 1. The summed E-state index contributed by atoms with van der Waals surface area (Å²) in [5.41, 5.74) is 2.44. The van der Waals surface area contributed by atoms with Crippen LogP contribution in [0.4, 0.5) is 0 Å². The van der Waals surface area contributed by atoms with E-state index in [0.717, 1.165) is 62.0 Å². The Balaban J connectivity index is 1.65. The van der Waals surface area contributed by atoms with Gasteiger partial charge in [0.2, 0.25) is 0 Å². The molecule has 0 amide bonds. The highest BCUT2D eigenvalue weighted by Crippen LogP contribution is 2.25. The van der Waals surface area contributed by atoms with E-state index < -0.39 is 0 Å². The number of piperazine rings is 1. The van der Waals surface area contributed by atoms with E-state index in [4.69, 9.17) is 14.2 Å². The SMILES string of the molecule is COc1ccc(CN2CCN(Cc3cc(OC)cc(OC)c3)[C@@H](CCO)C2)cc1. The van der Waals surface area contributed by atoms with Gasteiger partial charge in [0.25, 0.3) is 0 Å². The molecule has 1 aliphatic rings. The number of hydrogen-bond donors (Lipinski definition) is 1. The van der Waals surface area contributed by atoms with Crippen LogP contribution in [0.15, 0.2) is 42.5 Å². The lowest BCUT2D eigenvalue weighted by Crippen LogP contribution is -2.52. The zero-order valence-electron chi connectivity index (χ0n) is 17.6. The fraction of sp³-hybridized carbons (Fsp3) is 0.478. The van der Waals surface area contributed by atoms with Crippen molar-refractivity contribution in [1.82, 2.24) is 9.80 Å². The molecule has 2 aromatic rings. The van der Waals surface area contributed by atoms with Crippen molar-refractivity contribution in [2.75, 3.05) is 47.6 Å². The largest absolute Gasteiger partial charge is 0.497 e. The van der Waals surface area contributed by atoms with E-state index >= 15 is 0 Å². The van der Waals surface area contributed by atoms with Gasteiger partial charge in [-0.3, -0.25) is 9.80 Å². The second kappa shape index (κ2) is 10.5. The summed E-state index contributed by atoms with van der Waals surface area (Å²) in [5, 5.41) is 9.60. The topological polar surface area (TPSA) is 54.4 Å². The molecule has 0 aliphatic carbocycles. The number of hydrogen-bond acceptors (Lipinski definition) is 6. The van der Waals surface area contributed by atoms with E-state index in [2.05, 4.69) is 34.1 Å². The van der Waals surface area contributed by atoms with Crippen LogP contribution >= 0.6 is 0 Å². The monoisotopic (exact) mass is 400 g/mol. The first-order valence-electron chi connectivity index (χ1n) is 10.1. The summed E-state index contributed by atoms with van der Waals surface area (Å²) in [6, 6.07) is 14.6. The molecule has 1 heterocycles. The van der Waals surface area contributed by atoms with E-state index in [9.17, 15) is 5.11 Å². The molecule has 158 valence electrons. The normalized spacial score (nSPS) is 17.9. The molecular weight excluding hydrogens is 368 g/mol. The summed E-state index contributed by atoms with van der Waals surface area (Å²) < 4.78 is 16.1. The molecule has 1 saturated heterocycles. The highest BCUT2D eigenvalue weighted by Gasteiger charge is 2.27. The molecule has 0 spiro atoms. The number of rotatable bonds is 9. The van der Waals surface area contributed by atoms with Gasteiger partial charge in [0.15, 0.2) is 0 Å². The van der Waals surface area contributed by atoms with Gasteiger partial charge in [0.05, 0.1) is 21.3 Å². The van der Waals surface area contributed by atoms with Crippen LogP contribution in [0.5, 0.6) is 17.2 Å². The molecule has 0 bridgehead atoms. The van der Waals surface area contributed by atoms with E-state index in [-0.39, 0.29) is 6.61 Å². The molecule has 0 radical (unpaired) electrons. The highest BCUT2D eigenvalue weighted by molar-refractivity contribution is 5.38. The lowest BCUT2D eigenvalue weighted by molar-refractivity contribution is 0.0499. The molecule has 1 N–H and O–H groups in total. The van der Waals surface area contributed by atoms with Crippen molar-refractivity contribution in [3.05, 3.63) is 53.6 Å². The van der Waals surface area contributed by atoms with Gasteiger partial charge >= 0.3 is 0 Å². The Morgan fingerprint density at radius 2 is 1.48 bits per heavy atom. The quantitative estimate of drug-likeness (QED) is 0.699. The van der Waals surface area contributed by atoms with Gasteiger partial charge in [-0.05, 0) is 41.8 Å². The fourth-order valence-corrected chi connectivity index (χ4v) is 3.91. The summed E-state index contributed by atoms with van der Waals surface area (Å²) in [6.45, 7) is 4.81. The Hall–Kier alpha value is -2.28. The number of methoxy groups -OCH3 is 3. The Labute approximate surface area is 173 Å². The van der Waals surface area contributed by atoms with E-state index in [1.165, 1.54) is 5.56 Å². The van der Waals surface area contributed by atoms with Crippen molar-refractivity contribution in [3.8, 4) is 17.2 Å². The second-order valence-corrected chi connectivity index (χ2v) is 7.44. The van der Waals surface area contributed by atoms with Gasteiger partial charge in [-0.15, -0.1) is 0 Å². The summed E-state index contributed by atoms with van der Waals surface area (Å²) in [5.74, 6) is 2.48. The predicted molar refractivity (Wildman–Crippen MR) is 114 cm³/mol. The number of nitrogens with zero attached hydrogens (tertiary/aromatic N) is 2. The molecule has 29 heavy (non-hydrogen) atoms. The maximum atomic E-state index is 9.60. The van der Waals surface area contributed by atoms with Crippen LogP contribution < -0.4 is 14.2 Å². The zero-order chi connectivity index (χ0) is 20.6. The Morgan fingerprint density at radius 3 is 2.07 bits per heavy atom. The fourth-order valence-electron chi connectivity index (χ4n) is 3.91. The second-order valence-electron chi connectivity index (χ2n) is 7.44. The standard InChI is InChI=1S/C23H32N2O4/c1-27-21-6-4-18(5-7-21)15-24-9-10-25(20(17-24)8-11-26)16-19-12-22(28-2)14-23(13-19)29-3/h4-7,12-14,20,26H,8-11,15-17H2,1-3H3/t20-/m0/s1. The third kappa shape index (κ3) is 5.85. The summed E-state index contributed by atoms with van der Waals surface area (Å²) in [7, 11) is 5.03. The molecule has 0 saturated carbocycles. The summed E-state index contributed by atoms with van der Waals surface area (Å²) in [6.07, 6.45) is 0.764. The molecule has 0 unspecified atom stereocenters. The van der Waals surface area contributed by atoms with Crippen LogP contribution in [0, 0.1) is 0 Å². The van der Waals surface area contributed by atoms with Gasteiger partial charge < -0.3 is 19.3 Å². The molecule has 1 aliphatic heterocycles. The molecule has 0 aromatic heterocycles. The van der Waals surface area contributed by atoms with E-state index in [1.54, 1.807) is 21.3 Å². The van der Waals surface area contributed by atoms with Crippen LogP contribution in [0.1, 0.15) is 17.5 Å². The number of aliphatic hydroxyl groups is 1. The van der Waals surface area contributed by atoms with Crippen molar-refractivity contribution in [2.45, 2.75) is 25.6 Å². The highest BCUT2D eigenvalue weighted by atomic mass is 16.5. The van der Waals surface area contributed by atoms with E-state index in [1.807, 2.05) is 18.2 Å². The van der Waals surface area contributed by atoms with Crippen LogP contribution in [0.3, 0.4) is 0 Å². The molecule has 6 nitrogen and oxygen atoms in total. The zero-order valence-corrected chi connectivity index (χ0v) is 17.6. The Bertz CT molecular complexity index is 744. The lowest BCUT2D eigenvalue weighted by atomic mass is 10.1. The molecular formula is C23H32N2O4. The first kappa shape index (κ1) is 21.4. The third-order valence-corrected chi connectivity index (χ3v) is 5.51. The van der Waals surface area contributed by atoms with Crippen molar-refractivity contribution in [3.63, 3.8) is 0 Å².